The van der Waals surface area contributed by atoms with Crippen LogP contribution in [-0.2, 0) is 23.9 Å². The molecular weight excluding hydrogens is 454 g/mol. The highest BCUT2D eigenvalue weighted by Crippen LogP contribution is 2.48. The second-order valence-corrected chi connectivity index (χ2v) is 8.40. The van der Waals surface area contributed by atoms with Crippen molar-refractivity contribution in [1.29, 1.82) is 0 Å². The first-order valence-corrected chi connectivity index (χ1v) is 10.1. The van der Waals surface area contributed by atoms with Crippen LogP contribution in [0.2, 0.25) is 0 Å². The van der Waals surface area contributed by atoms with E-state index in [1.807, 2.05) is 0 Å². The van der Waals surface area contributed by atoms with Crippen LogP contribution in [-0.4, -0.2) is 95.5 Å². The summed E-state index contributed by atoms with van der Waals surface area (Å²) >= 11 is 0. The zero-order valence-corrected chi connectivity index (χ0v) is 18.6. The number of ketones is 4. The lowest BCUT2D eigenvalue weighted by molar-refractivity contribution is -0.336. The monoisotopic (exact) mass is 477 g/mol. The molecule has 0 bridgehead atoms. The van der Waals surface area contributed by atoms with E-state index < -0.39 is 70.2 Å². The summed E-state index contributed by atoms with van der Waals surface area (Å²) in [5.74, 6) is -11.5. The molecule has 2 aliphatic rings. The summed E-state index contributed by atoms with van der Waals surface area (Å²) in [6, 6.07) is 2.59. The third-order valence-corrected chi connectivity index (χ3v) is 6.36. The molecule has 1 saturated heterocycles. The molecule has 12 heteroatoms. The molecule has 0 saturated carbocycles. The summed E-state index contributed by atoms with van der Waals surface area (Å²) in [5.41, 5.74) is -7.55. The van der Waals surface area contributed by atoms with E-state index in [0.717, 1.165) is 6.92 Å². The van der Waals surface area contributed by atoms with Crippen molar-refractivity contribution in [1.82, 2.24) is 4.90 Å². The molecule has 1 unspecified atom stereocenters. The van der Waals surface area contributed by atoms with Gasteiger partial charge in [0.25, 0.3) is 17.6 Å². The van der Waals surface area contributed by atoms with Crippen LogP contribution in [0, 0.1) is 0 Å². The number of amides is 2. The number of hydrogen-bond donors (Lipinski definition) is 4. The minimum absolute atomic E-state index is 0.157. The van der Waals surface area contributed by atoms with Gasteiger partial charge in [-0.1, -0.05) is 12.1 Å². The predicted octanol–water partition coefficient (Wildman–Crippen LogP) is -2.08. The largest absolute Gasteiger partial charge is 0.386 e. The van der Waals surface area contributed by atoms with Crippen molar-refractivity contribution in [3.05, 3.63) is 35.4 Å². The van der Waals surface area contributed by atoms with Crippen LogP contribution in [0.15, 0.2) is 24.3 Å². The van der Waals surface area contributed by atoms with Gasteiger partial charge in [0.15, 0.2) is 40.4 Å². The maximum atomic E-state index is 13.2. The van der Waals surface area contributed by atoms with Gasteiger partial charge in [0.2, 0.25) is 0 Å². The SMILES string of the molecule is CC(=O)[C@]1(O)O[C@H](C(=O)C(C)O)[C@](O)(C(C)=O)[C@@](O)(C(C)=O)[C@@H]1N1C(=O)c2ccccc2C1=O. The maximum Gasteiger partial charge on any atom is 0.262 e. The first-order valence-electron chi connectivity index (χ1n) is 10.1. The smallest absolute Gasteiger partial charge is 0.262 e. The number of carbonyl (C=O) groups excluding carboxylic acids is 6. The van der Waals surface area contributed by atoms with Gasteiger partial charge in [-0.05, 0) is 32.9 Å². The Hall–Kier alpha value is -3.16. The van der Waals surface area contributed by atoms with Crippen LogP contribution in [0.5, 0.6) is 0 Å². The van der Waals surface area contributed by atoms with Crippen molar-refractivity contribution in [2.75, 3.05) is 0 Å². The molecule has 2 heterocycles. The Balaban J connectivity index is 2.40. The minimum atomic E-state index is -3.61. The highest BCUT2D eigenvalue weighted by atomic mass is 16.7. The fraction of sp³-hybridized carbons (Fsp3) is 0.455. The molecule has 4 N–H and O–H groups in total. The average Bonchev–Trinajstić information content (AvgIpc) is 3.00. The minimum Gasteiger partial charge on any atom is -0.386 e. The summed E-state index contributed by atoms with van der Waals surface area (Å²) in [6.07, 6.45) is -4.57. The third kappa shape index (κ3) is 3.03. The molecule has 3 rings (SSSR count). The number of carbonyl (C=O) groups is 6. The quantitative estimate of drug-likeness (QED) is 0.328. The van der Waals surface area contributed by atoms with Crippen LogP contribution in [0.4, 0.5) is 0 Å². The van der Waals surface area contributed by atoms with Crippen LogP contribution in [0.25, 0.3) is 0 Å². The first-order chi connectivity index (χ1) is 15.6. The summed E-state index contributed by atoms with van der Waals surface area (Å²) in [5, 5.41) is 44.1. The molecule has 12 nitrogen and oxygen atoms in total. The molecule has 1 aromatic carbocycles. The molecule has 0 aliphatic carbocycles. The van der Waals surface area contributed by atoms with Gasteiger partial charge >= 0.3 is 0 Å². The average molecular weight is 477 g/mol. The number of rotatable bonds is 6. The number of hydrogen-bond acceptors (Lipinski definition) is 11. The van der Waals surface area contributed by atoms with E-state index in [1.165, 1.54) is 24.3 Å². The summed E-state index contributed by atoms with van der Waals surface area (Å²) in [7, 11) is 0. The van der Waals surface area contributed by atoms with Crippen molar-refractivity contribution in [3.63, 3.8) is 0 Å². The second-order valence-electron chi connectivity index (χ2n) is 8.40. The van der Waals surface area contributed by atoms with Crippen molar-refractivity contribution < 1.29 is 53.9 Å². The van der Waals surface area contributed by atoms with Crippen molar-refractivity contribution in [3.8, 4) is 0 Å². The Morgan fingerprint density at radius 2 is 1.32 bits per heavy atom. The molecule has 1 fully saturated rings. The van der Waals surface area contributed by atoms with Gasteiger partial charge in [-0.2, -0.15) is 0 Å². The zero-order valence-electron chi connectivity index (χ0n) is 18.6. The number of aliphatic hydroxyl groups is 4. The molecule has 1 aromatic rings. The fourth-order valence-electron chi connectivity index (χ4n) is 4.50. The number of Topliss-reactive ketones (excluding diaryl/α,β-unsaturated/α-hetero) is 4. The van der Waals surface area contributed by atoms with Crippen LogP contribution >= 0.6 is 0 Å². The number of fused-ring (bicyclic) bond motifs is 1. The zero-order chi connectivity index (χ0) is 26.0. The maximum absolute atomic E-state index is 13.2. The molecular formula is C22H23NO11. The van der Waals surface area contributed by atoms with E-state index >= 15 is 0 Å². The van der Waals surface area contributed by atoms with Crippen molar-refractivity contribution >= 4 is 34.9 Å². The Morgan fingerprint density at radius 1 is 0.882 bits per heavy atom. The second kappa shape index (κ2) is 7.96. The molecule has 0 radical (unpaired) electrons. The lowest BCUT2D eigenvalue weighted by atomic mass is 9.63. The summed E-state index contributed by atoms with van der Waals surface area (Å²) in [6.45, 7) is 2.97. The van der Waals surface area contributed by atoms with Gasteiger partial charge in [0, 0.05) is 6.92 Å². The Kier molecular flexibility index (Phi) is 5.96. The molecule has 34 heavy (non-hydrogen) atoms. The highest BCUT2D eigenvalue weighted by Gasteiger charge is 2.78. The lowest BCUT2D eigenvalue weighted by Gasteiger charge is -2.57. The number of benzene rings is 1. The molecule has 0 aromatic heterocycles. The highest BCUT2D eigenvalue weighted by molar-refractivity contribution is 6.22. The molecule has 2 aliphatic heterocycles. The molecule has 6 atom stereocenters. The lowest BCUT2D eigenvalue weighted by Crippen LogP contribution is -2.87. The molecule has 0 spiro atoms. The van der Waals surface area contributed by atoms with Gasteiger partial charge < -0.3 is 25.2 Å². The van der Waals surface area contributed by atoms with Gasteiger partial charge in [-0.3, -0.25) is 33.7 Å². The summed E-state index contributed by atoms with van der Waals surface area (Å²) < 4.78 is 5.17. The third-order valence-electron chi connectivity index (χ3n) is 6.36. The fourth-order valence-corrected chi connectivity index (χ4v) is 4.50. The van der Waals surface area contributed by atoms with E-state index in [-0.39, 0.29) is 16.0 Å². The van der Waals surface area contributed by atoms with Gasteiger partial charge in [-0.15, -0.1) is 0 Å². The number of imide groups is 1. The Labute approximate surface area is 192 Å². The standard InChI is InChI=1S/C22H23NO11/c1-9(24)15(28)16-20(31,10(2)25)21(32,11(3)26)19(22(33,34-16)12(4)27)23-17(29)13-7-5-6-8-14(13)18(23)30/h5-9,16,19,24,31-33H,1-4H3/t9?,16-,19+,20-,21-,22+/m1/s1. The van der Waals surface area contributed by atoms with E-state index in [1.54, 1.807) is 0 Å². The summed E-state index contributed by atoms with van der Waals surface area (Å²) in [4.78, 5) is 77.3. The van der Waals surface area contributed by atoms with Crippen molar-refractivity contribution in [2.24, 2.45) is 0 Å². The van der Waals surface area contributed by atoms with Crippen LogP contribution in [0.3, 0.4) is 0 Å². The topological polar surface area (TPSA) is 196 Å². The first kappa shape index (κ1) is 25.5. The van der Waals surface area contributed by atoms with Crippen LogP contribution < -0.4 is 0 Å². The van der Waals surface area contributed by atoms with Gasteiger partial charge in [-0.25, -0.2) is 0 Å². The van der Waals surface area contributed by atoms with Gasteiger partial charge in [0.1, 0.15) is 12.1 Å². The predicted molar refractivity (Wildman–Crippen MR) is 109 cm³/mol. The van der Waals surface area contributed by atoms with E-state index in [4.69, 9.17) is 4.74 Å². The number of nitrogens with zero attached hydrogens (tertiary/aromatic N) is 1. The van der Waals surface area contributed by atoms with E-state index in [0.29, 0.717) is 20.8 Å². The van der Waals surface area contributed by atoms with Gasteiger partial charge in [0.05, 0.1) is 11.1 Å². The van der Waals surface area contributed by atoms with Crippen LogP contribution in [0.1, 0.15) is 48.4 Å². The number of ether oxygens (including phenoxy) is 1. The normalized spacial score (nSPS) is 33.9. The van der Waals surface area contributed by atoms with Crippen molar-refractivity contribution in [2.45, 2.75) is 62.9 Å². The number of aliphatic hydroxyl groups excluding tert-OH is 1. The molecule has 182 valence electrons. The van der Waals surface area contributed by atoms with E-state index in [9.17, 15) is 49.2 Å². The molecule has 2 amide bonds. The Bertz CT molecular complexity index is 1110. The Morgan fingerprint density at radius 3 is 1.68 bits per heavy atom. The van der Waals surface area contributed by atoms with E-state index in [2.05, 4.69) is 0 Å².